The zero-order chi connectivity index (χ0) is 16.6. The van der Waals surface area contributed by atoms with Crippen LogP contribution in [0.15, 0.2) is 30.5 Å². The monoisotopic (exact) mass is 311 g/mol. The molecule has 0 aliphatic carbocycles. The van der Waals surface area contributed by atoms with Gasteiger partial charge in [-0.25, -0.2) is 9.88 Å². The summed E-state index contributed by atoms with van der Waals surface area (Å²) in [6.07, 6.45) is 2.06. The average Bonchev–Trinajstić information content (AvgIpc) is 3.13. The molecule has 0 bridgehead atoms. The number of para-hydroxylation sites is 2. The lowest BCUT2D eigenvalue weighted by Crippen LogP contribution is -2.43. The zero-order valence-corrected chi connectivity index (χ0v) is 12.9. The Kier molecular flexibility index (Phi) is 3.57. The molecular weight excluding hydrogens is 294 g/mol. The van der Waals surface area contributed by atoms with Crippen LogP contribution in [-0.4, -0.2) is 31.6 Å². The summed E-state index contributed by atoms with van der Waals surface area (Å²) >= 11 is 0. The number of aromatic amines is 1. The molecule has 0 saturated carbocycles. The van der Waals surface area contributed by atoms with Gasteiger partial charge in [0.05, 0.1) is 22.8 Å². The number of rotatable bonds is 3. The van der Waals surface area contributed by atoms with E-state index in [0.29, 0.717) is 23.6 Å². The minimum atomic E-state index is -0.429. The molecule has 3 rings (SSSR count). The van der Waals surface area contributed by atoms with Crippen molar-refractivity contribution in [1.82, 2.24) is 19.7 Å². The zero-order valence-electron chi connectivity index (χ0n) is 12.9. The number of nitrogens with zero attached hydrogens (tertiary/aromatic N) is 4. The molecule has 0 spiro atoms. The number of carbonyl (C=O) groups is 1. The molecule has 118 valence electrons. The molecule has 0 unspecified atom stereocenters. The summed E-state index contributed by atoms with van der Waals surface area (Å²) in [6.45, 7) is 1.91. The van der Waals surface area contributed by atoms with Crippen LogP contribution in [0, 0.1) is 5.41 Å². The second kappa shape index (κ2) is 5.56. The third-order valence-electron chi connectivity index (χ3n) is 3.71. The van der Waals surface area contributed by atoms with Crippen LogP contribution in [-0.2, 0) is 13.5 Å². The molecule has 3 aromatic rings. The number of amides is 1. The number of nitrogens with one attached hydrogen (secondary N) is 2. The third kappa shape index (κ3) is 2.33. The normalized spacial score (nSPS) is 10.9. The van der Waals surface area contributed by atoms with Crippen molar-refractivity contribution < 1.29 is 4.79 Å². The topological polar surface area (TPSA) is 117 Å². The van der Waals surface area contributed by atoms with Gasteiger partial charge in [0.15, 0.2) is 0 Å². The Balaban J connectivity index is 2.13. The first kappa shape index (κ1) is 14.8. The van der Waals surface area contributed by atoms with E-state index in [1.165, 1.54) is 6.20 Å². The summed E-state index contributed by atoms with van der Waals surface area (Å²) in [5, 5.41) is 14.5. The molecule has 0 aliphatic rings. The average molecular weight is 311 g/mol. The van der Waals surface area contributed by atoms with E-state index in [9.17, 15) is 4.79 Å². The van der Waals surface area contributed by atoms with Gasteiger partial charge in [0.1, 0.15) is 0 Å². The van der Waals surface area contributed by atoms with Gasteiger partial charge in [-0.3, -0.25) is 15.3 Å². The number of aromatic nitrogens is 4. The summed E-state index contributed by atoms with van der Waals surface area (Å²) in [7, 11) is 1.78. The van der Waals surface area contributed by atoms with E-state index in [0.717, 1.165) is 15.9 Å². The number of aryl methyl sites for hydroxylation is 2. The Morgan fingerprint density at radius 1 is 1.43 bits per heavy atom. The lowest BCUT2D eigenvalue weighted by molar-refractivity contribution is 0.0999. The van der Waals surface area contributed by atoms with Gasteiger partial charge < -0.3 is 10.3 Å². The van der Waals surface area contributed by atoms with Crippen LogP contribution in [0.2, 0.25) is 0 Å². The van der Waals surface area contributed by atoms with Gasteiger partial charge in [0.25, 0.3) is 5.91 Å². The highest BCUT2D eigenvalue weighted by Gasteiger charge is 2.27. The van der Waals surface area contributed by atoms with E-state index in [2.05, 4.69) is 15.2 Å². The van der Waals surface area contributed by atoms with Crippen LogP contribution < -0.4 is 10.6 Å². The summed E-state index contributed by atoms with van der Waals surface area (Å²) in [4.78, 5) is 18.4. The summed E-state index contributed by atoms with van der Waals surface area (Å²) in [5.74, 6) is -0.523. The molecule has 23 heavy (non-hydrogen) atoms. The fourth-order valence-electron chi connectivity index (χ4n) is 2.53. The molecule has 1 aromatic carbocycles. The minimum absolute atomic E-state index is 0.298. The van der Waals surface area contributed by atoms with E-state index < -0.39 is 11.9 Å². The van der Waals surface area contributed by atoms with Crippen LogP contribution >= 0.6 is 0 Å². The number of hydrogen-bond donors (Lipinski definition) is 3. The van der Waals surface area contributed by atoms with Gasteiger partial charge in [-0.1, -0.05) is 19.1 Å². The molecule has 0 atom stereocenters. The fraction of sp³-hybridized carbons (Fsp3) is 0.200. The van der Waals surface area contributed by atoms with Gasteiger partial charge in [-0.15, -0.1) is 0 Å². The Bertz CT molecular complexity index is 892. The van der Waals surface area contributed by atoms with Gasteiger partial charge in [-0.2, -0.15) is 5.10 Å². The fourth-order valence-corrected chi connectivity index (χ4v) is 2.53. The highest BCUT2D eigenvalue weighted by molar-refractivity contribution is 6.20. The Hall–Kier alpha value is -3.16. The first-order valence-electron chi connectivity index (χ1n) is 7.16. The van der Waals surface area contributed by atoms with Crippen molar-refractivity contribution in [3.63, 3.8) is 0 Å². The van der Waals surface area contributed by atoms with Crippen molar-refractivity contribution in [2.24, 2.45) is 12.8 Å². The van der Waals surface area contributed by atoms with Crippen LogP contribution in [0.1, 0.15) is 23.0 Å². The van der Waals surface area contributed by atoms with E-state index in [1.807, 2.05) is 31.2 Å². The molecule has 1 amide bonds. The van der Waals surface area contributed by atoms with Crippen molar-refractivity contribution in [3.8, 4) is 0 Å². The molecule has 8 nitrogen and oxygen atoms in total. The standard InChI is InChI=1S/C15H17N7O/c1-3-10-9(8-18-20-10)13(23)22(14(16)17)15-19-11-6-4-5-7-12(11)21(15)2/h4-8H,3H2,1-2H3,(H3,16,17)(H,18,20). The van der Waals surface area contributed by atoms with Gasteiger partial charge in [0, 0.05) is 12.7 Å². The first-order chi connectivity index (χ1) is 11.0. The smallest absolute Gasteiger partial charge is 0.271 e. The van der Waals surface area contributed by atoms with E-state index in [4.69, 9.17) is 11.1 Å². The van der Waals surface area contributed by atoms with Crippen molar-refractivity contribution in [2.75, 3.05) is 4.90 Å². The summed E-state index contributed by atoms with van der Waals surface area (Å²) in [6, 6.07) is 7.49. The number of hydrogen-bond acceptors (Lipinski definition) is 4. The van der Waals surface area contributed by atoms with Crippen LogP contribution in [0.5, 0.6) is 0 Å². The van der Waals surface area contributed by atoms with E-state index in [1.54, 1.807) is 11.6 Å². The Morgan fingerprint density at radius 3 is 2.83 bits per heavy atom. The van der Waals surface area contributed by atoms with Gasteiger partial charge >= 0.3 is 0 Å². The maximum absolute atomic E-state index is 12.8. The van der Waals surface area contributed by atoms with Crippen LogP contribution in [0.3, 0.4) is 0 Å². The largest absolute Gasteiger partial charge is 0.369 e. The van der Waals surface area contributed by atoms with Crippen molar-refractivity contribution >= 4 is 28.8 Å². The van der Waals surface area contributed by atoms with Gasteiger partial charge in [-0.05, 0) is 18.6 Å². The maximum Gasteiger partial charge on any atom is 0.271 e. The van der Waals surface area contributed by atoms with E-state index >= 15 is 0 Å². The molecule has 0 radical (unpaired) electrons. The van der Waals surface area contributed by atoms with Gasteiger partial charge in [0.2, 0.25) is 11.9 Å². The number of nitrogens with two attached hydrogens (primary N) is 1. The Labute approximate surface area is 132 Å². The van der Waals surface area contributed by atoms with Crippen molar-refractivity contribution in [2.45, 2.75) is 13.3 Å². The molecule has 4 N–H and O–H groups in total. The number of H-pyrrole nitrogens is 1. The Morgan fingerprint density at radius 2 is 2.17 bits per heavy atom. The quantitative estimate of drug-likeness (QED) is 0.500. The molecule has 0 saturated heterocycles. The lowest BCUT2D eigenvalue weighted by Gasteiger charge is -2.19. The van der Waals surface area contributed by atoms with Crippen LogP contribution in [0.25, 0.3) is 11.0 Å². The van der Waals surface area contributed by atoms with Crippen molar-refractivity contribution in [1.29, 1.82) is 5.41 Å². The molecule has 2 heterocycles. The summed E-state index contributed by atoms with van der Waals surface area (Å²) < 4.78 is 1.74. The molecule has 2 aromatic heterocycles. The predicted molar refractivity (Wildman–Crippen MR) is 87.4 cm³/mol. The maximum atomic E-state index is 12.8. The first-order valence-corrected chi connectivity index (χ1v) is 7.16. The second-order valence-electron chi connectivity index (χ2n) is 5.10. The van der Waals surface area contributed by atoms with Crippen molar-refractivity contribution in [3.05, 3.63) is 41.7 Å². The third-order valence-corrected chi connectivity index (χ3v) is 3.71. The van der Waals surface area contributed by atoms with E-state index in [-0.39, 0.29) is 0 Å². The lowest BCUT2D eigenvalue weighted by atomic mass is 10.2. The second-order valence-corrected chi connectivity index (χ2v) is 5.10. The molecule has 8 heteroatoms. The number of anilines is 1. The number of guanidine groups is 1. The number of carbonyl (C=O) groups excluding carboxylic acids is 1. The summed E-state index contributed by atoms with van der Waals surface area (Å²) in [5.41, 5.74) is 8.32. The molecule has 0 aliphatic heterocycles. The number of fused-ring (bicyclic) bond motifs is 1. The molecular formula is C15H17N7O. The predicted octanol–water partition coefficient (Wildman–Crippen LogP) is 1.40. The van der Waals surface area contributed by atoms with Crippen LogP contribution in [0.4, 0.5) is 5.95 Å². The number of benzene rings is 1. The highest BCUT2D eigenvalue weighted by atomic mass is 16.2. The SMILES string of the molecule is CCc1[nH]ncc1C(=O)N(C(=N)N)c1nc2ccccc2n1C. The molecule has 0 fully saturated rings. The highest BCUT2D eigenvalue weighted by Crippen LogP contribution is 2.23. The minimum Gasteiger partial charge on any atom is -0.369 e. The number of imidazole rings is 1.